The van der Waals surface area contributed by atoms with E-state index in [9.17, 15) is 0 Å². The van der Waals surface area contributed by atoms with Crippen molar-refractivity contribution in [1.82, 2.24) is 0 Å². The van der Waals surface area contributed by atoms with Gasteiger partial charge in [-0.15, -0.1) is 0 Å². The highest BCUT2D eigenvalue weighted by Crippen LogP contribution is 2.31. The van der Waals surface area contributed by atoms with Crippen molar-refractivity contribution in [2.45, 2.75) is 53.6 Å². The van der Waals surface area contributed by atoms with E-state index in [-0.39, 0.29) is 0 Å². The zero-order chi connectivity index (χ0) is 17.9. The van der Waals surface area contributed by atoms with E-state index >= 15 is 0 Å². The quantitative estimate of drug-likeness (QED) is 0.669. The molecule has 0 radical (unpaired) electrons. The first-order chi connectivity index (χ1) is 11.8. The summed E-state index contributed by atoms with van der Waals surface area (Å²) in [5, 5.41) is 3.27. The molecule has 2 aromatic carbocycles. The summed E-state index contributed by atoms with van der Waals surface area (Å²) in [6.07, 6.45) is 7.08. The first-order valence-corrected chi connectivity index (χ1v) is 12.4. The molecule has 0 atom stereocenters. The molecule has 0 aliphatic heterocycles. The molecule has 0 bridgehead atoms. The summed E-state index contributed by atoms with van der Waals surface area (Å²) in [7, 11) is -1.74. The summed E-state index contributed by atoms with van der Waals surface area (Å²) in [6, 6.07) is 9.56. The second-order valence-electron chi connectivity index (χ2n) is 8.60. The van der Waals surface area contributed by atoms with Crippen LogP contribution in [0.25, 0.3) is 12.2 Å². The lowest BCUT2D eigenvalue weighted by Crippen LogP contribution is -2.55. The third-order valence-electron chi connectivity index (χ3n) is 6.19. The minimum absolute atomic E-state index is 1.13. The Morgan fingerprint density at radius 2 is 1.04 bits per heavy atom. The Kier molecular flexibility index (Phi) is 3.70. The van der Waals surface area contributed by atoms with Crippen LogP contribution in [0.2, 0.25) is 13.1 Å². The van der Waals surface area contributed by atoms with E-state index in [1.54, 1.807) is 21.5 Å². The molecule has 4 rings (SSSR count). The van der Waals surface area contributed by atoms with E-state index in [0.29, 0.717) is 0 Å². The molecule has 0 unspecified atom stereocenters. The Morgan fingerprint density at radius 1 is 0.640 bits per heavy atom. The van der Waals surface area contributed by atoms with E-state index in [1.165, 1.54) is 33.4 Å². The maximum atomic E-state index is 2.55. The van der Waals surface area contributed by atoms with Gasteiger partial charge < -0.3 is 0 Å². The highest BCUT2D eigenvalue weighted by atomic mass is 28.3. The van der Waals surface area contributed by atoms with Crippen LogP contribution in [0.15, 0.2) is 35.4 Å². The van der Waals surface area contributed by atoms with Gasteiger partial charge in [-0.25, -0.2) is 0 Å². The molecule has 1 heteroatoms. The van der Waals surface area contributed by atoms with E-state index in [4.69, 9.17) is 0 Å². The number of rotatable bonds is 2. The summed E-state index contributed by atoms with van der Waals surface area (Å²) < 4.78 is 0. The van der Waals surface area contributed by atoms with Crippen LogP contribution in [0.5, 0.6) is 0 Å². The van der Waals surface area contributed by atoms with Crippen molar-refractivity contribution in [1.29, 1.82) is 0 Å². The summed E-state index contributed by atoms with van der Waals surface area (Å²) in [6.45, 7) is 14.1. The topological polar surface area (TPSA) is 0 Å². The monoisotopic (exact) mass is 344 g/mol. The van der Waals surface area contributed by atoms with Gasteiger partial charge in [0, 0.05) is 0 Å². The molecule has 0 aromatic heterocycles. The zero-order valence-corrected chi connectivity index (χ0v) is 17.4. The number of hydrogen-bond acceptors (Lipinski definition) is 0. The van der Waals surface area contributed by atoms with Gasteiger partial charge in [0.25, 0.3) is 0 Å². The van der Waals surface area contributed by atoms with Gasteiger partial charge in [0.1, 0.15) is 8.07 Å². The molecule has 0 amide bonds. The lowest BCUT2D eigenvalue weighted by atomic mass is 10.0. The summed E-state index contributed by atoms with van der Waals surface area (Å²) in [5.41, 5.74) is 12.0. The Morgan fingerprint density at radius 3 is 1.44 bits per heavy atom. The van der Waals surface area contributed by atoms with E-state index < -0.39 is 8.07 Å². The molecule has 0 saturated heterocycles. The first kappa shape index (κ1) is 16.6. The Hall–Kier alpha value is -1.86. The molecular weight excluding hydrogens is 316 g/mol. The van der Waals surface area contributed by atoms with Gasteiger partial charge in [0.2, 0.25) is 0 Å². The maximum Gasteiger partial charge on any atom is 0.113 e. The van der Waals surface area contributed by atoms with Gasteiger partial charge in [-0.1, -0.05) is 71.0 Å². The highest BCUT2D eigenvalue weighted by Gasteiger charge is 2.34. The Labute approximate surface area is 153 Å². The molecule has 2 aliphatic rings. The molecule has 0 spiro atoms. The largest absolute Gasteiger partial charge is 0.113 e. The van der Waals surface area contributed by atoms with Crippen molar-refractivity contribution in [3.63, 3.8) is 0 Å². The average molecular weight is 345 g/mol. The van der Waals surface area contributed by atoms with Crippen LogP contribution < -0.4 is 10.4 Å². The van der Waals surface area contributed by atoms with Crippen LogP contribution in [-0.4, -0.2) is 8.07 Å². The summed E-state index contributed by atoms with van der Waals surface area (Å²) in [5.74, 6) is 0. The van der Waals surface area contributed by atoms with Gasteiger partial charge in [-0.2, -0.15) is 0 Å². The van der Waals surface area contributed by atoms with Gasteiger partial charge in [0.05, 0.1) is 0 Å². The number of fused-ring (bicyclic) bond motifs is 2. The van der Waals surface area contributed by atoms with Crippen molar-refractivity contribution in [2.24, 2.45) is 0 Å². The summed E-state index contributed by atoms with van der Waals surface area (Å²) in [4.78, 5) is 0. The predicted molar refractivity (Wildman–Crippen MR) is 114 cm³/mol. The fourth-order valence-electron chi connectivity index (χ4n) is 4.82. The Balaban J connectivity index is 1.90. The second-order valence-corrected chi connectivity index (χ2v) is 12.9. The normalized spacial score (nSPS) is 15.8. The number of hydrogen-bond donors (Lipinski definition) is 0. The van der Waals surface area contributed by atoms with E-state index in [2.05, 4.69) is 77.2 Å². The lowest BCUT2D eigenvalue weighted by molar-refractivity contribution is 1.19. The Bertz CT molecular complexity index is 877. The van der Waals surface area contributed by atoms with Crippen LogP contribution in [0.1, 0.15) is 47.2 Å². The van der Waals surface area contributed by atoms with Gasteiger partial charge in [-0.3, -0.25) is 0 Å². The van der Waals surface area contributed by atoms with Crippen molar-refractivity contribution in [3.8, 4) is 0 Å². The van der Waals surface area contributed by atoms with Gasteiger partial charge >= 0.3 is 0 Å². The number of aryl methyl sites for hydroxylation is 2. The molecule has 0 saturated carbocycles. The van der Waals surface area contributed by atoms with Crippen molar-refractivity contribution < 1.29 is 0 Å². The molecule has 2 aromatic rings. The molecular formula is C24H28Si. The summed E-state index contributed by atoms with van der Waals surface area (Å²) >= 11 is 0. The van der Waals surface area contributed by atoms with Crippen LogP contribution in [0.4, 0.5) is 0 Å². The second kappa shape index (κ2) is 5.57. The van der Waals surface area contributed by atoms with Crippen molar-refractivity contribution >= 4 is 30.6 Å². The molecule has 0 N–H and O–H groups in total. The fourth-order valence-corrected chi connectivity index (χ4v) is 8.06. The van der Waals surface area contributed by atoms with Crippen LogP contribution in [-0.2, 0) is 12.8 Å². The van der Waals surface area contributed by atoms with Crippen molar-refractivity contribution in [2.75, 3.05) is 0 Å². The number of benzene rings is 2. The maximum absolute atomic E-state index is 2.55. The lowest BCUT2D eigenvalue weighted by Gasteiger charge is -2.30. The third-order valence-corrected chi connectivity index (χ3v) is 9.82. The molecule has 25 heavy (non-hydrogen) atoms. The molecule has 2 aliphatic carbocycles. The minimum Gasteiger partial charge on any atom is -0.0683 e. The fraction of sp³-hybridized carbons (Fsp3) is 0.333. The first-order valence-electron chi connectivity index (χ1n) is 9.39. The zero-order valence-electron chi connectivity index (χ0n) is 16.4. The van der Waals surface area contributed by atoms with E-state index in [0.717, 1.165) is 12.8 Å². The van der Waals surface area contributed by atoms with Crippen LogP contribution in [0.3, 0.4) is 0 Å². The minimum atomic E-state index is -1.74. The van der Waals surface area contributed by atoms with Gasteiger partial charge in [0.15, 0.2) is 0 Å². The van der Waals surface area contributed by atoms with E-state index in [1.807, 2.05) is 0 Å². The molecule has 0 nitrogen and oxygen atoms in total. The van der Waals surface area contributed by atoms with Crippen LogP contribution in [0, 0.1) is 13.8 Å². The smallest absolute Gasteiger partial charge is 0.0683 e. The standard InChI is InChI=1S/C24H28Si/c1-15-11-19-17(3)7-9-23(21(19)13-15)25(5,6)24-10-8-18(4)20-12-16(2)14-22(20)24/h7-12H,13-14H2,1-6H3. The van der Waals surface area contributed by atoms with Crippen molar-refractivity contribution in [3.05, 3.63) is 68.8 Å². The highest BCUT2D eigenvalue weighted by molar-refractivity contribution is 7.01. The molecule has 0 fully saturated rings. The number of allylic oxidation sites excluding steroid dienone is 2. The predicted octanol–water partition coefficient (Wildman–Crippen LogP) is 5.04. The molecule has 128 valence electrons. The van der Waals surface area contributed by atoms with Crippen LogP contribution >= 0.6 is 0 Å². The molecule has 0 heterocycles. The van der Waals surface area contributed by atoms with Gasteiger partial charge in [-0.05, 0) is 73.9 Å². The third kappa shape index (κ3) is 2.48. The SMILES string of the molecule is CC1=Cc2c(C)ccc([Si](C)(C)c3ccc(C)c4c3CC(C)=C4)c2C1. The average Bonchev–Trinajstić information content (AvgIpc) is 3.10.